The van der Waals surface area contributed by atoms with Gasteiger partial charge in [-0.1, -0.05) is 5.16 Å². The van der Waals surface area contributed by atoms with E-state index in [2.05, 4.69) is 5.16 Å². The third-order valence-corrected chi connectivity index (χ3v) is 1.19. The van der Waals surface area contributed by atoms with Crippen LogP contribution in [-0.2, 0) is 0 Å². The van der Waals surface area contributed by atoms with E-state index in [1.807, 2.05) is 0 Å². The maximum Gasteiger partial charge on any atom is 0.127 e. The average molecular weight is 155 g/mol. The molecule has 2 N–H and O–H groups in total. The number of phenolic OH excluding ortho intramolecular Hbond substituents is 1. The van der Waals surface area contributed by atoms with Crippen LogP contribution >= 0.6 is 0 Å². The van der Waals surface area contributed by atoms with Crippen molar-refractivity contribution in [1.82, 2.24) is 0 Å². The highest BCUT2D eigenvalue weighted by molar-refractivity contribution is 5.82. The largest absolute Gasteiger partial charge is 0.507 e. The highest BCUT2D eigenvalue weighted by Crippen LogP contribution is 2.15. The fourth-order valence-corrected chi connectivity index (χ4v) is 0.688. The van der Waals surface area contributed by atoms with Crippen LogP contribution in [0.2, 0.25) is 0 Å². The first kappa shape index (κ1) is 7.53. The standard InChI is InChI=1S/C7H6FNO2/c8-6-2-1-5(4-9-11)7(10)3-6/h1-4,10-11H/b9-4-. The minimum atomic E-state index is -0.530. The van der Waals surface area contributed by atoms with Gasteiger partial charge in [0.15, 0.2) is 0 Å². The van der Waals surface area contributed by atoms with Gasteiger partial charge in [-0.25, -0.2) is 4.39 Å². The van der Waals surface area contributed by atoms with E-state index in [9.17, 15) is 4.39 Å². The van der Waals surface area contributed by atoms with Gasteiger partial charge in [0, 0.05) is 11.6 Å². The summed E-state index contributed by atoms with van der Waals surface area (Å²) in [5.74, 6) is -0.777. The predicted octanol–water partition coefficient (Wildman–Crippen LogP) is 1.34. The molecule has 0 amide bonds. The molecule has 3 nitrogen and oxygen atoms in total. The summed E-state index contributed by atoms with van der Waals surface area (Å²) in [5, 5.41) is 19.7. The van der Waals surface area contributed by atoms with Crippen LogP contribution in [-0.4, -0.2) is 16.5 Å². The molecule has 0 radical (unpaired) electrons. The minimum Gasteiger partial charge on any atom is -0.507 e. The fourth-order valence-electron chi connectivity index (χ4n) is 0.688. The molecule has 1 rings (SSSR count). The Morgan fingerprint density at radius 1 is 1.45 bits per heavy atom. The van der Waals surface area contributed by atoms with Gasteiger partial charge < -0.3 is 10.3 Å². The van der Waals surface area contributed by atoms with Gasteiger partial charge in [0.2, 0.25) is 0 Å². The van der Waals surface area contributed by atoms with Crippen molar-refractivity contribution in [3.63, 3.8) is 0 Å². The topological polar surface area (TPSA) is 52.8 Å². The highest BCUT2D eigenvalue weighted by Gasteiger charge is 1.98. The van der Waals surface area contributed by atoms with Gasteiger partial charge in [0.25, 0.3) is 0 Å². The van der Waals surface area contributed by atoms with Crippen LogP contribution in [0.4, 0.5) is 4.39 Å². The van der Waals surface area contributed by atoms with Gasteiger partial charge in [-0.2, -0.15) is 0 Å². The first-order valence-electron chi connectivity index (χ1n) is 2.90. The number of benzene rings is 1. The van der Waals surface area contributed by atoms with Crippen LogP contribution < -0.4 is 0 Å². The number of nitrogens with zero attached hydrogens (tertiary/aromatic N) is 1. The lowest BCUT2D eigenvalue weighted by molar-refractivity contribution is 0.321. The van der Waals surface area contributed by atoms with Crippen molar-refractivity contribution >= 4 is 6.21 Å². The van der Waals surface area contributed by atoms with Crippen molar-refractivity contribution in [2.45, 2.75) is 0 Å². The molecule has 0 saturated heterocycles. The summed E-state index contributed by atoms with van der Waals surface area (Å²) in [6.07, 6.45) is 1.02. The van der Waals surface area contributed by atoms with Gasteiger partial charge in [-0.15, -0.1) is 0 Å². The van der Waals surface area contributed by atoms with E-state index in [1.165, 1.54) is 6.07 Å². The van der Waals surface area contributed by atoms with Gasteiger partial charge in [-0.05, 0) is 12.1 Å². The lowest BCUT2D eigenvalue weighted by Crippen LogP contribution is -1.83. The van der Waals surface area contributed by atoms with E-state index in [0.717, 1.165) is 18.3 Å². The van der Waals surface area contributed by atoms with Gasteiger partial charge >= 0.3 is 0 Å². The monoisotopic (exact) mass is 155 g/mol. The van der Waals surface area contributed by atoms with Crippen molar-refractivity contribution in [2.75, 3.05) is 0 Å². The van der Waals surface area contributed by atoms with Crippen LogP contribution in [0.3, 0.4) is 0 Å². The van der Waals surface area contributed by atoms with Crippen molar-refractivity contribution in [2.24, 2.45) is 5.16 Å². The number of aromatic hydroxyl groups is 1. The van der Waals surface area contributed by atoms with Gasteiger partial charge in [0.1, 0.15) is 11.6 Å². The number of hydrogen-bond acceptors (Lipinski definition) is 3. The molecule has 0 aromatic heterocycles. The smallest absolute Gasteiger partial charge is 0.127 e. The molecule has 11 heavy (non-hydrogen) atoms. The molecule has 58 valence electrons. The minimum absolute atomic E-state index is 0.247. The molecule has 0 heterocycles. The summed E-state index contributed by atoms with van der Waals surface area (Å²) >= 11 is 0. The summed E-state index contributed by atoms with van der Waals surface area (Å²) in [5.41, 5.74) is 0.272. The molecule has 0 atom stereocenters. The SMILES string of the molecule is O/N=C\c1ccc(F)cc1O. The number of oxime groups is 1. The van der Waals surface area contributed by atoms with Crippen LogP contribution in [0.1, 0.15) is 5.56 Å². The van der Waals surface area contributed by atoms with Gasteiger partial charge in [-0.3, -0.25) is 0 Å². The van der Waals surface area contributed by atoms with Crippen molar-refractivity contribution in [1.29, 1.82) is 0 Å². The molecule has 0 saturated carbocycles. The number of phenols is 1. The van der Waals surface area contributed by atoms with Crippen molar-refractivity contribution in [3.05, 3.63) is 29.6 Å². The molecule has 4 heteroatoms. The second-order valence-corrected chi connectivity index (χ2v) is 1.95. The Morgan fingerprint density at radius 2 is 2.18 bits per heavy atom. The average Bonchev–Trinajstić information content (AvgIpc) is 1.95. The second kappa shape index (κ2) is 3.01. The number of halogens is 1. The zero-order chi connectivity index (χ0) is 8.27. The molecule has 0 aliphatic rings. The summed E-state index contributed by atoms with van der Waals surface area (Å²) in [4.78, 5) is 0. The zero-order valence-electron chi connectivity index (χ0n) is 5.53. The second-order valence-electron chi connectivity index (χ2n) is 1.95. The Kier molecular flexibility index (Phi) is 2.06. The molecule has 0 spiro atoms. The molecule has 1 aromatic rings. The Morgan fingerprint density at radius 3 is 2.73 bits per heavy atom. The van der Waals surface area contributed by atoms with Crippen LogP contribution in [0.15, 0.2) is 23.4 Å². The molecule has 0 unspecified atom stereocenters. The van der Waals surface area contributed by atoms with E-state index in [0.29, 0.717) is 0 Å². The maximum atomic E-state index is 12.3. The summed E-state index contributed by atoms with van der Waals surface area (Å²) in [6, 6.07) is 3.41. The Hall–Kier alpha value is -1.58. The van der Waals surface area contributed by atoms with E-state index in [4.69, 9.17) is 10.3 Å². The molecular weight excluding hydrogens is 149 g/mol. The molecule has 0 aliphatic heterocycles. The number of rotatable bonds is 1. The van der Waals surface area contributed by atoms with E-state index in [-0.39, 0.29) is 11.3 Å². The molecule has 1 aromatic carbocycles. The first-order chi connectivity index (χ1) is 5.24. The summed E-state index contributed by atoms with van der Waals surface area (Å²) in [7, 11) is 0. The molecular formula is C7H6FNO2. The quantitative estimate of drug-likeness (QED) is 0.365. The fraction of sp³-hybridized carbons (Fsp3) is 0. The lowest BCUT2D eigenvalue weighted by Gasteiger charge is -1.95. The van der Waals surface area contributed by atoms with Crippen LogP contribution in [0, 0.1) is 5.82 Å². The van der Waals surface area contributed by atoms with E-state index < -0.39 is 5.82 Å². The third kappa shape index (κ3) is 1.67. The van der Waals surface area contributed by atoms with Crippen LogP contribution in [0.25, 0.3) is 0 Å². The highest BCUT2D eigenvalue weighted by atomic mass is 19.1. The van der Waals surface area contributed by atoms with E-state index in [1.54, 1.807) is 0 Å². The number of hydrogen-bond donors (Lipinski definition) is 2. The summed E-state index contributed by atoms with van der Waals surface area (Å²) < 4.78 is 12.3. The Bertz CT molecular complexity index is 286. The van der Waals surface area contributed by atoms with Crippen molar-refractivity contribution < 1.29 is 14.7 Å². The Balaban J connectivity index is 3.09. The normalized spacial score (nSPS) is 10.6. The lowest BCUT2D eigenvalue weighted by atomic mass is 10.2. The van der Waals surface area contributed by atoms with Crippen LogP contribution in [0.5, 0.6) is 5.75 Å². The molecule has 0 fully saturated rings. The molecule has 0 aliphatic carbocycles. The van der Waals surface area contributed by atoms with Gasteiger partial charge in [0.05, 0.1) is 6.21 Å². The van der Waals surface area contributed by atoms with Crippen molar-refractivity contribution in [3.8, 4) is 5.75 Å². The Labute approximate surface area is 62.4 Å². The third-order valence-electron chi connectivity index (χ3n) is 1.19. The predicted molar refractivity (Wildman–Crippen MR) is 37.4 cm³/mol. The maximum absolute atomic E-state index is 12.3. The van der Waals surface area contributed by atoms with E-state index >= 15 is 0 Å². The first-order valence-corrected chi connectivity index (χ1v) is 2.90. The summed E-state index contributed by atoms with van der Waals surface area (Å²) in [6.45, 7) is 0. The zero-order valence-corrected chi connectivity index (χ0v) is 5.53. The molecule has 0 bridgehead atoms.